The third-order valence-corrected chi connectivity index (χ3v) is 6.14. The Morgan fingerprint density at radius 1 is 1.28 bits per heavy atom. The molecule has 0 bridgehead atoms. The first-order valence-electron chi connectivity index (χ1n) is 10.8. The zero-order valence-electron chi connectivity index (χ0n) is 17.9. The lowest BCUT2D eigenvalue weighted by atomic mass is 10.1. The number of pyridine rings is 1. The molecule has 0 spiro atoms. The van der Waals surface area contributed by atoms with E-state index in [-0.39, 0.29) is 12.2 Å². The maximum atomic E-state index is 14.2. The lowest BCUT2D eigenvalue weighted by molar-refractivity contribution is 0.0701. The van der Waals surface area contributed by atoms with Crippen molar-refractivity contribution in [2.24, 2.45) is 0 Å². The molecular weight excluding hydrogens is 416 g/mol. The highest BCUT2D eigenvalue weighted by atomic mass is 19.1. The van der Waals surface area contributed by atoms with E-state index < -0.39 is 17.5 Å². The van der Waals surface area contributed by atoms with Crippen LogP contribution in [0.4, 0.5) is 8.78 Å². The standard InChI is InChI=1S/C23H27F2N5O2/c1-2-29-7-3-4-18(29)11-26-10-16-14-30(13-15-5-6-17(24)8-20(15)25)22-12-27-21(9-19(16)22)23(31)28-32/h5-6,8-9,12,14,18,26,32H,2-4,7,10-11,13H2,1H3,(H,28,31). The van der Waals surface area contributed by atoms with Crippen LogP contribution in [-0.4, -0.2) is 51.2 Å². The molecule has 0 radical (unpaired) electrons. The highest BCUT2D eigenvalue weighted by molar-refractivity contribution is 5.96. The Morgan fingerprint density at radius 3 is 2.88 bits per heavy atom. The van der Waals surface area contributed by atoms with Gasteiger partial charge in [-0.2, -0.15) is 0 Å². The third-order valence-electron chi connectivity index (χ3n) is 6.14. The predicted octanol–water partition coefficient (Wildman–Crippen LogP) is 3.06. The molecule has 2 aromatic heterocycles. The van der Waals surface area contributed by atoms with Crippen molar-refractivity contribution >= 4 is 16.8 Å². The third kappa shape index (κ3) is 4.64. The molecule has 1 fully saturated rings. The van der Waals surface area contributed by atoms with Crippen molar-refractivity contribution in [1.29, 1.82) is 0 Å². The molecule has 1 aliphatic heterocycles. The molecule has 3 N–H and O–H groups in total. The number of nitrogens with zero attached hydrogens (tertiary/aromatic N) is 3. The number of likely N-dealkylation sites (N-methyl/N-ethyl adjacent to an activating group) is 1. The van der Waals surface area contributed by atoms with E-state index in [1.807, 2.05) is 10.8 Å². The van der Waals surface area contributed by atoms with Crippen molar-refractivity contribution in [2.75, 3.05) is 19.6 Å². The minimum absolute atomic E-state index is 0.0833. The summed E-state index contributed by atoms with van der Waals surface area (Å²) in [7, 11) is 0. The summed E-state index contributed by atoms with van der Waals surface area (Å²) < 4.78 is 29.4. The number of likely N-dealkylation sites (tertiary alicyclic amines) is 1. The van der Waals surface area contributed by atoms with E-state index in [2.05, 4.69) is 22.1 Å². The number of hydrogen-bond donors (Lipinski definition) is 3. The smallest absolute Gasteiger partial charge is 0.293 e. The summed E-state index contributed by atoms with van der Waals surface area (Å²) >= 11 is 0. The van der Waals surface area contributed by atoms with E-state index in [0.717, 1.165) is 48.6 Å². The average Bonchev–Trinajstić information content (AvgIpc) is 3.39. The Kier molecular flexibility index (Phi) is 6.78. The topological polar surface area (TPSA) is 82.4 Å². The number of halogens is 2. The molecule has 4 rings (SSSR count). The Bertz CT molecular complexity index is 1120. The second-order valence-corrected chi connectivity index (χ2v) is 8.10. The largest absolute Gasteiger partial charge is 0.341 e. The molecule has 1 aromatic carbocycles. The Labute approximate surface area is 185 Å². The fourth-order valence-corrected chi connectivity index (χ4v) is 4.46. The van der Waals surface area contributed by atoms with Crippen molar-refractivity contribution < 1.29 is 18.8 Å². The van der Waals surface area contributed by atoms with Gasteiger partial charge in [-0.3, -0.25) is 14.9 Å². The van der Waals surface area contributed by atoms with Gasteiger partial charge in [-0.25, -0.2) is 19.2 Å². The molecule has 0 aliphatic carbocycles. The number of aromatic nitrogens is 2. The van der Waals surface area contributed by atoms with Gasteiger partial charge in [0.15, 0.2) is 0 Å². The van der Waals surface area contributed by atoms with Crippen molar-refractivity contribution in [3.63, 3.8) is 0 Å². The summed E-state index contributed by atoms with van der Waals surface area (Å²) in [5, 5.41) is 13.3. The average molecular weight is 443 g/mol. The first kappa shape index (κ1) is 22.3. The molecule has 7 nitrogen and oxygen atoms in total. The van der Waals surface area contributed by atoms with Gasteiger partial charge in [0, 0.05) is 42.3 Å². The van der Waals surface area contributed by atoms with Gasteiger partial charge in [-0.05, 0) is 43.6 Å². The van der Waals surface area contributed by atoms with Gasteiger partial charge in [0.05, 0.1) is 18.3 Å². The van der Waals surface area contributed by atoms with Crippen LogP contribution in [0.5, 0.6) is 0 Å². The normalized spacial score (nSPS) is 16.7. The van der Waals surface area contributed by atoms with Crippen molar-refractivity contribution in [2.45, 2.75) is 38.9 Å². The number of nitrogens with one attached hydrogen (secondary N) is 2. The second kappa shape index (κ2) is 9.72. The number of carbonyl (C=O) groups excluding carboxylic acids is 1. The SMILES string of the molecule is CCN1CCCC1CNCc1cn(Cc2ccc(F)cc2F)c2cnc(C(=O)NO)cc12. The summed E-state index contributed by atoms with van der Waals surface area (Å²) in [6, 6.07) is 5.64. The molecule has 170 valence electrons. The molecule has 9 heteroatoms. The number of fused-ring (bicyclic) bond motifs is 1. The maximum Gasteiger partial charge on any atom is 0.293 e. The summed E-state index contributed by atoms with van der Waals surface area (Å²) in [6.45, 7) is 5.93. The molecular formula is C23H27F2N5O2. The fourth-order valence-electron chi connectivity index (χ4n) is 4.46. The van der Waals surface area contributed by atoms with Gasteiger partial charge in [-0.15, -0.1) is 0 Å². The minimum atomic E-state index is -0.701. The van der Waals surface area contributed by atoms with E-state index >= 15 is 0 Å². The number of hydroxylamine groups is 1. The van der Waals surface area contributed by atoms with Crippen LogP contribution in [0.1, 0.15) is 41.4 Å². The van der Waals surface area contributed by atoms with Crippen LogP contribution in [0.2, 0.25) is 0 Å². The second-order valence-electron chi connectivity index (χ2n) is 8.10. The Morgan fingerprint density at radius 2 is 2.12 bits per heavy atom. The monoisotopic (exact) mass is 443 g/mol. The minimum Gasteiger partial charge on any atom is -0.341 e. The van der Waals surface area contributed by atoms with Crippen LogP contribution in [0.3, 0.4) is 0 Å². The van der Waals surface area contributed by atoms with E-state index in [1.165, 1.54) is 24.8 Å². The molecule has 1 atom stereocenters. The molecule has 3 heterocycles. The van der Waals surface area contributed by atoms with Crippen LogP contribution in [0.25, 0.3) is 10.9 Å². The first-order chi connectivity index (χ1) is 15.5. The van der Waals surface area contributed by atoms with Crippen molar-refractivity contribution in [3.05, 3.63) is 65.1 Å². The van der Waals surface area contributed by atoms with E-state index in [0.29, 0.717) is 18.2 Å². The summed E-state index contributed by atoms with van der Waals surface area (Å²) in [5.74, 6) is -1.94. The molecule has 1 unspecified atom stereocenters. The predicted molar refractivity (Wildman–Crippen MR) is 116 cm³/mol. The molecule has 3 aromatic rings. The summed E-state index contributed by atoms with van der Waals surface area (Å²) in [5.41, 5.74) is 3.68. The van der Waals surface area contributed by atoms with Gasteiger partial charge in [0.25, 0.3) is 5.91 Å². The van der Waals surface area contributed by atoms with Gasteiger partial charge in [0.1, 0.15) is 17.3 Å². The summed E-state index contributed by atoms with van der Waals surface area (Å²) in [6.07, 6.45) is 5.79. The number of benzene rings is 1. The quantitative estimate of drug-likeness (QED) is 0.368. The zero-order chi connectivity index (χ0) is 22.7. The first-order valence-corrected chi connectivity index (χ1v) is 10.8. The van der Waals surface area contributed by atoms with Gasteiger partial charge in [0.2, 0.25) is 0 Å². The van der Waals surface area contributed by atoms with Gasteiger partial charge < -0.3 is 9.88 Å². The zero-order valence-corrected chi connectivity index (χ0v) is 17.9. The van der Waals surface area contributed by atoms with E-state index in [1.54, 1.807) is 11.5 Å². The van der Waals surface area contributed by atoms with Crippen molar-refractivity contribution in [3.8, 4) is 0 Å². The molecule has 1 aliphatic rings. The van der Waals surface area contributed by atoms with Crippen LogP contribution in [0, 0.1) is 11.6 Å². The van der Waals surface area contributed by atoms with Gasteiger partial charge >= 0.3 is 0 Å². The highest BCUT2D eigenvalue weighted by Crippen LogP contribution is 2.24. The van der Waals surface area contributed by atoms with E-state index in [4.69, 9.17) is 5.21 Å². The van der Waals surface area contributed by atoms with Gasteiger partial charge in [-0.1, -0.05) is 13.0 Å². The lowest BCUT2D eigenvalue weighted by Gasteiger charge is -2.22. The maximum absolute atomic E-state index is 14.2. The van der Waals surface area contributed by atoms with Crippen LogP contribution in [-0.2, 0) is 13.1 Å². The fraction of sp³-hybridized carbons (Fsp3) is 0.391. The van der Waals surface area contributed by atoms with Crippen molar-refractivity contribution in [1.82, 2.24) is 25.2 Å². The highest BCUT2D eigenvalue weighted by Gasteiger charge is 2.22. The van der Waals surface area contributed by atoms with Crippen LogP contribution < -0.4 is 10.8 Å². The number of rotatable bonds is 8. The Hall–Kier alpha value is -2.88. The molecule has 0 saturated carbocycles. The van der Waals surface area contributed by atoms with E-state index in [9.17, 15) is 13.6 Å². The van der Waals surface area contributed by atoms with Crippen LogP contribution in [0.15, 0.2) is 36.7 Å². The number of carbonyl (C=O) groups is 1. The van der Waals surface area contributed by atoms with Crippen LogP contribution >= 0.6 is 0 Å². The number of hydrogen-bond acceptors (Lipinski definition) is 5. The molecule has 32 heavy (non-hydrogen) atoms. The molecule has 1 amide bonds. The Balaban J connectivity index is 1.61. The summed E-state index contributed by atoms with van der Waals surface area (Å²) in [4.78, 5) is 18.4. The molecule has 1 saturated heterocycles. The lowest BCUT2D eigenvalue weighted by Crippen LogP contribution is -2.37. The number of amides is 1.